The third-order valence-electron chi connectivity index (χ3n) is 8.94. The molecule has 2 aromatic heterocycles. The Morgan fingerprint density at radius 3 is 2.60 bits per heavy atom. The molecule has 0 saturated carbocycles. The predicted octanol–water partition coefficient (Wildman–Crippen LogP) is 5.14. The van der Waals surface area contributed by atoms with Crippen molar-refractivity contribution in [3.05, 3.63) is 59.0 Å². The van der Waals surface area contributed by atoms with Crippen molar-refractivity contribution in [1.82, 2.24) is 19.7 Å². The van der Waals surface area contributed by atoms with Crippen molar-refractivity contribution in [2.75, 3.05) is 25.1 Å². The number of imide groups is 1. The van der Waals surface area contributed by atoms with Crippen molar-refractivity contribution in [2.24, 2.45) is 11.8 Å². The van der Waals surface area contributed by atoms with Crippen LogP contribution in [0.25, 0.3) is 16.6 Å². The van der Waals surface area contributed by atoms with Crippen molar-refractivity contribution < 1.29 is 27.5 Å². The van der Waals surface area contributed by atoms with Crippen LogP contribution in [0.4, 0.5) is 18.9 Å². The van der Waals surface area contributed by atoms with Crippen LogP contribution in [0.15, 0.2) is 47.6 Å². The van der Waals surface area contributed by atoms with E-state index in [1.165, 1.54) is 18.1 Å². The number of allylic oxidation sites excluding steroid dienone is 5. The van der Waals surface area contributed by atoms with Gasteiger partial charge in [0.2, 0.25) is 5.91 Å². The Labute approximate surface area is 242 Å². The number of aromatic nitrogens is 3. The van der Waals surface area contributed by atoms with Crippen LogP contribution in [0.2, 0.25) is 0 Å². The quantitative estimate of drug-likeness (QED) is 0.422. The molecule has 2 aliphatic heterocycles. The van der Waals surface area contributed by atoms with E-state index in [0.717, 1.165) is 23.3 Å². The zero-order valence-electron chi connectivity index (χ0n) is 24.1. The van der Waals surface area contributed by atoms with E-state index in [2.05, 4.69) is 11.8 Å². The van der Waals surface area contributed by atoms with Gasteiger partial charge in [0.15, 0.2) is 0 Å². The number of carbonyl (C=O) groups is 2. The minimum absolute atomic E-state index is 0.0574. The molecule has 222 valence electrons. The number of methoxy groups -OCH3 is 1. The van der Waals surface area contributed by atoms with Crippen LogP contribution in [0.1, 0.15) is 44.5 Å². The van der Waals surface area contributed by atoms with Gasteiger partial charge in [0.05, 0.1) is 30.7 Å². The SMILES string of the molecule is CCC1Cn2nc(C3=CC=C(CC(F)(F)F)C(C)C3OC)c3nc(C)cc(c32)N1CCN1C(=O)C2=CC=CCC2C1=O. The number of pyridine rings is 1. The fourth-order valence-electron chi connectivity index (χ4n) is 6.83. The Hall–Kier alpha value is -3.73. The molecule has 2 aromatic rings. The van der Waals surface area contributed by atoms with Crippen LogP contribution in [-0.2, 0) is 20.9 Å². The molecule has 1 fully saturated rings. The molecule has 0 aromatic carbocycles. The first-order chi connectivity index (χ1) is 20.0. The second-order valence-electron chi connectivity index (χ2n) is 11.5. The summed E-state index contributed by atoms with van der Waals surface area (Å²) < 4.78 is 47.4. The molecular formula is C31H34F3N5O3. The second-order valence-corrected chi connectivity index (χ2v) is 11.5. The topological polar surface area (TPSA) is 80.6 Å². The number of fused-ring (bicyclic) bond motifs is 1. The first-order valence-corrected chi connectivity index (χ1v) is 14.4. The summed E-state index contributed by atoms with van der Waals surface area (Å²) in [6.07, 6.45) is 4.17. The number of alkyl halides is 3. The van der Waals surface area contributed by atoms with Gasteiger partial charge in [-0.1, -0.05) is 49.8 Å². The Balaban J connectivity index is 1.37. The molecule has 4 unspecified atom stereocenters. The summed E-state index contributed by atoms with van der Waals surface area (Å²) >= 11 is 0. The van der Waals surface area contributed by atoms with Crippen LogP contribution in [0.5, 0.6) is 0 Å². The van der Waals surface area contributed by atoms with Crippen LogP contribution < -0.4 is 4.90 Å². The van der Waals surface area contributed by atoms with Gasteiger partial charge in [-0.25, -0.2) is 4.98 Å². The molecular weight excluding hydrogens is 547 g/mol. The molecule has 4 atom stereocenters. The molecule has 6 rings (SSSR count). The lowest BCUT2D eigenvalue weighted by atomic mass is 9.82. The van der Waals surface area contributed by atoms with E-state index in [0.29, 0.717) is 41.9 Å². The number of halogens is 3. The van der Waals surface area contributed by atoms with Gasteiger partial charge in [0.25, 0.3) is 5.91 Å². The number of ether oxygens (including phenoxy) is 1. The van der Waals surface area contributed by atoms with Crippen molar-refractivity contribution in [3.8, 4) is 0 Å². The first-order valence-electron chi connectivity index (χ1n) is 14.4. The molecule has 0 bridgehead atoms. The summed E-state index contributed by atoms with van der Waals surface area (Å²) in [5, 5.41) is 4.95. The average molecular weight is 582 g/mol. The van der Waals surface area contributed by atoms with Crippen molar-refractivity contribution >= 4 is 34.1 Å². The van der Waals surface area contributed by atoms with Gasteiger partial charge in [-0.3, -0.25) is 19.2 Å². The van der Waals surface area contributed by atoms with E-state index in [9.17, 15) is 22.8 Å². The summed E-state index contributed by atoms with van der Waals surface area (Å²) in [5.41, 5.74) is 5.30. The highest BCUT2D eigenvalue weighted by molar-refractivity contribution is 6.15. The maximum absolute atomic E-state index is 13.2. The number of rotatable bonds is 7. The van der Waals surface area contributed by atoms with Gasteiger partial charge in [-0.05, 0) is 25.8 Å². The summed E-state index contributed by atoms with van der Waals surface area (Å²) in [6, 6.07) is 2.06. The van der Waals surface area contributed by atoms with Crippen molar-refractivity contribution in [2.45, 2.75) is 64.9 Å². The van der Waals surface area contributed by atoms with E-state index in [1.54, 1.807) is 19.1 Å². The summed E-state index contributed by atoms with van der Waals surface area (Å²) in [4.78, 5) is 34.6. The fraction of sp³-hybridized carbons (Fsp3) is 0.484. The highest BCUT2D eigenvalue weighted by Crippen LogP contribution is 2.42. The Morgan fingerprint density at radius 1 is 1.12 bits per heavy atom. The average Bonchev–Trinajstić information content (AvgIpc) is 3.43. The monoisotopic (exact) mass is 581 g/mol. The third kappa shape index (κ3) is 4.67. The number of nitrogens with zero attached hydrogens (tertiary/aromatic N) is 5. The smallest absolute Gasteiger partial charge is 0.376 e. The predicted molar refractivity (Wildman–Crippen MR) is 152 cm³/mol. The lowest BCUT2D eigenvalue weighted by molar-refractivity contribution is -0.138. The van der Waals surface area contributed by atoms with E-state index in [4.69, 9.17) is 14.8 Å². The number of amides is 2. The van der Waals surface area contributed by atoms with Gasteiger partial charge >= 0.3 is 6.18 Å². The van der Waals surface area contributed by atoms with Crippen molar-refractivity contribution in [3.63, 3.8) is 0 Å². The van der Waals surface area contributed by atoms with Crippen LogP contribution in [0, 0.1) is 18.8 Å². The second kappa shape index (κ2) is 10.5. The highest BCUT2D eigenvalue weighted by atomic mass is 19.4. The van der Waals surface area contributed by atoms with E-state index in [-0.39, 0.29) is 30.0 Å². The number of carbonyl (C=O) groups excluding carboxylic acids is 2. The maximum Gasteiger partial charge on any atom is 0.392 e. The summed E-state index contributed by atoms with van der Waals surface area (Å²) in [5.74, 6) is -1.25. The molecule has 11 heteroatoms. The summed E-state index contributed by atoms with van der Waals surface area (Å²) in [7, 11) is 1.50. The van der Waals surface area contributed by atoms with E-state index < -0.39 is 30.5 Å². The molecule has 4 heterocycles. The normalized spacial score (nSPS) is 25.6. The van der Waals surface area contributed by atoms with Gasteiger partial charge < -0.3 is 9.64 Å². The third-order valence-corrected chi connectivity index (χ3v) is 8.94. The van der Waals surface area contributed by atoms with E-state index in [1.807, 2.05) is 29.8 Å². The van der Waals surface area contributed by atoms with Gasteiger partial charge in [-0.15, -0.1) is 0 Å². The Kier molecular flexibility index (Phi) is 7.11. The number of aryl methyl sites for hydroxylation is 1. The van der Waals surface area contributed by atoms with Gasteiger partial charge in [0.1, 0.15) is 16.7 Å². The minimum Gasteiger partial charge on any atom is -0.376 e. The first kappa shape index (κ1) is 28.4. The Morgan fingerprint density at radius 2 is 1.90 bits per heavy atom. The lowest BCUT2D eigenvalue weighted by Gasteiger charge is -2.38. The minimum atomic E-state index is -4.31. The molecule has 0 N–H and O–H groups in total. The molecule has 4 aliphatic rings. The number of likely N-dealkylation sites (tertiary alicyclic amines) is 1. The maximum atomic E-state index is 13.2. The number of hydrogen-bond donors (Lipinski definition) is 0. The van der Waals surface area contributed by atoms with E-state index >= 15 is 0 Å². The largest absolute Gasteiger partial charge is 0.392 e. The fourth-order valence-corrected chi connectivity index (χ4v) is 6.83. The molecule has 1 saturated heterocycles. The molecule has 0 radical (unpaired) electrons. The van der Waals surface area contributed by atoms with Crippen molar-refractivity contribution in [1.29, 1.82) is 0 Å². The zero-order chi connectivity index (χ0) is 29.9. The summed E-state index contributed by atoms with van der Waals surface area (Å²) in [6.45, 7) is 7.04. The highest BCUT2D eigenvalue weighted by Gasteiger charge is 2.43. The molecule has 8 nitrogen and oxygen atoms in total. The van der Waals surface area contributed by atoms with Crippen LogP contribution in [0.3, 0.4) is 0 Å². The van der Waals surface area contributed by atoms with Crippen LogP contribution >= 0.6 is 0 Å². The Bertz CT molecular complexity index is 1580. The number of anilines is 1. The van der Waals surface area contributed by atoms with Gasteiger partial charge in [-0.2, -0.15) is 18.3 Å². The molecule has 42 heavy (non-hydrogen) atoms. The molecule has 0 spiro atoms. The molecule has 2 aliphatic carbocycles. The zero-order valence-corrected chi connectivity index (χ0v) is 24.1. The van der Waals surface area contributed by atoms with Gasteiger partial charge in [0, 0.05) is 49.0 Å². The molecule has 2 amide bonds. The standard InChI is InChI=1S/C31H34F3N5O3/c1-5-20-16-39-27-24(37(20)12-13-38-29(40)21-8-6-7-9-22(21)30(38)41)14-17(2)35-26(27)25(36-39)23-11-10-19(15-31(32,33)34)18(3)28(23)42-4/h6-8,10-11,14,18,20,22,28H,5,9,12-13,15-16H2,1-4H3. The number of hydrogen-bond acceptors (Lipinski definition) is 6. The lowest BCUT2D eigenvalue weighted by Crippen LogP contribution is -2.46. The van der Waals surface area contributed by atoms with Crippen LogP contribution in [-0.4, -0.2) is 70.0 Å².